The summed E-state index contributed by atoms with van der Waals surface area (Å²) in [6, 6.07) is -0.572. The van der Waals surface area contributed by atoms with Crippen molar-refractivity contribution >= 4 is 11.9 Å². The SMILES string of the molecule is NC1=NC(=O)N(C2CC(O)C(CO)O2)C(N)C1. The molecule has 2 aliphatic rings. The maximum atomic E-state index is 11.7. The van der Waals surface area contributed by atoms with E-state index < -0.39 is 30.6 Å². The third-order valence-electron chi connectivity index (χ3n) is 2.93. The maximum Gasteiger partial charge on any atom is 0.348 e. The smallest absolute Gasteiger partial charge is 0.348 e. The normalized spacial score (nSPS) is 38.4. The summed E-state index contributed by atoms with van der Waals surface area (Å²) in [6.45, 7) is -0.305. The number of rotatable bonds is 2. The van der Waals surface area contributed by atoms with Gasteiger partial charge in [0.2, 0.25) is 0 Å². The third-order valence-corrected chi connectivity index (χ3v) is 2.93. The summed E-state index contributed by atoms with van der Waals surface area (Å²) in [4.78, 5) is 16.5. The molecule has 6 N–H and O–H groups in total. The van der Waals surface area contributed by atoms with Gasteiger partial charge in [-0.15, -0.1) is 0 Å². The third kappa shape index (κ3) is 2.25. The van der Waals surface area contributed by atoms with Gasteiger partial charge in [0.1, 0.15) is 18.2 Å². The van der Waals surface area contributed by atoms with Crippen LogP contribution in [-0.4, -0.2) is 58.2 Å². The number of hydrogen-bond donors (Lipinski definition) is 4. The van der Waals surface area contributed by atoms with Gasteiger partial charge >= 0.3 is 6.03 Å². The number of amides is 2. The molecule has 96 valence electrons. The molecule has 0 aromatic carbocycles. The highest BCUT2D eigenvalue weighted by Crippen LogP contribution is 2.26. The van der Waals surface area contributed by atoms with E-state index in [1.54, 1.807) is 0 Å². The molecule has 0 aromatic heterocycles. The first-order valence-corrected chi connectivity index (χ1v) is 5.38. The molecule has 2 amide bonds. The summed E-state index contributed by atoms with van der Waals surface area (Å²) in [6.07, 6.45) is -2.31. The molecule has 8 nitrogen and oxygen atoms in total. The van der Waals surface area contributed by atoms with Crippen LogP contribution in [0.3, 0.4) is 0 Å². The molecule has 4 unspecified atom stereocenters. The molecule has 2 rings (SSSR count). The quantitative estimate of drug-likeness (QED) is 0.440. The van der Waals surface area contributed by atoms with Gasteiger partial charge < -0.3 is 26.4 Å². The Morgan fingerprint density at radius 1 is 1.59 bits per heavy atom. The number of ether oxygens (including phenoxy) is 1. The minimum Gasteiger partial charge on any atom is -0.394 e. The number of carbonyl (C=O) groups excluding carboxylic acids is 1. The van der Waals surface area contributed by atoms with Crippen LogP contribution in [0.15, 0.2) is 4.99 Å². The maximum absolute atomic E-state index is 11.7. The lowest BCUT2D eigenvalue weighted by atomic mass is 10.1. The van der Waals surface area contributed by atoms with E-state index in [1.807, 2.05) is 0 Å². The summed E-state index contributed by atoms with van der Waals surface area (Å²) in [7, 11) is 0. The van der Waals surface area contributed by atoms with E-state index in [0.29, 0.717) is 0 Å². The van der Waals surface area contributed by atoms with E-state index in [2.05, 4.69) is 4.99 Å². The highest BCUT2D eigenvalue weighted by Gasteiger charge is 2.42. The molecule has 2 aliphatic heterocycles. The van der Waals surface area contributed by atoms with Crippen molar-refractivity contribution in [3.05, 3.63) is 0 Å². The molecule has 0 aliphatic carbocycles. The van der Waals surface area contributed by atoms with Crippen molar-refractivity contribution in [3.8, 4) is 0 Å². The Morgan fingerprint density at radius 2 is 2.29 bits per heavy atom. The second-order valence-corrected chi connectivity index (χ2v) is 4.18. The summed E-state index contributed by atoms with van der Waals surface area (Å²) in [5, 5.41) is 18.5. The summed E-state index contributed by atoms with van der Waals surface area (Å²) >= 11 is 0. The first-order valence-electron chi connectivity index (χ1n) is 5.38. The van der Waals surface area contributed by atoms with Crippen LogP contribution < -0.4 is 11.5 Å². The Kier molecular flexibility index (Phi) is 3.29. The number of nitrogens with zero attached hydrogens (tertiary/aromatic N) is 2. The van der Waals surface area contributed by atoms with Crippen molar-refractivity contribution < 1.29 is 19.7 Å². The van der Waals surface area contributed by atoms with E-state index in [0.717, 1.165) is 0 Å². The van der Waals surface area contributed by atoms with Gasteiger partial charge in [-0.3, -0.25) is 4.90 Å². The van der Waals surface area contributed by atoms with E-state index in [9.17, 15) is 9.90 Å². The average Bonchev–Trinajstić information content (AvgIpc) is 2.57. The minimum absolute atomic E-state index is 0.191. The minimum atomic E-state index is -0.812. The number of aliphatic hydroxyl groups is 2. The van der Waals surface area contributed by atoms with Gasteiger partial charge in [0, 0.05) is 12.8 Å². The number of aliphatic imine (C=N–C) groups is 1. The molecule has 17 heavy (non-hydrogen) atoms. The van der Waals surface area contributed by atoms with E-state index in [1.165, 1.54) is 4.90 Å². The van der Waals surface area contributed by atoms with Gasteiger partial charge in [0.25, 0.3) is 0 Å². The molecule has 0 radical (unpaired) electrons. The largest absolute Gasteiger partial charge is 0.394 e. The number of amidine groups is 1. The second-order valence-electron chi connectivity index (χ2n) is 4.18. The van der Waals surface area contributed by atoms with Crippen LogP contribution >= 0.6 is 0 Å². The van der Waals surface area contributed by atoms with E-state index in [4.69, 9.17) is 21.3 Å². The predicted octanol–water partition coefficient (Wildman–Crippen LogP) is -2.08. The standard InChI is InChI=1S/C9H16N4O4/c10-6-2-7(11)13(9(16)12-6)8-1-4(15)5(3-14)17-8/h4-5,7-8,14-15H,1-3,11H2,(H2,10,12,16). The van der Waals surface area contributed by atoms with Crippen LogP contribution in [0.5, 0.6) is 0 Å². The highest BCUT2D eigenvalue weighted by molar-refractivity contribution is 5.95. The lowest BCUT2D eigenvalue weighted by Gasteiger charge is -2.34. The van der Waals surface area contributed by atoms with Crippen molar-refractivity contribution in [1.29, 1.82) is 0 Å². The Hall–Kier alpha value is -1.22. The molecule has 0 spiro atoms. The number of hydrogen-bond acceptors (Lipinski definition) is 6. The van der Waals surface area contributed by atoms with Crippen LogP contribution in [0, 0.1) is 0 Å². The van der Waals surface area contributed by atoms with Gasteiger partial charge in [-0.2, -0.15) is 4.99 Å². The molecule has 1 fully saturated rings. The monoisotopic (exact) mass is 244 g/mol. The fourth-order valence-electron chi connectivity index (χ4n) is 2.07. The number of aliphatic hydroxyl groups excluding tert-OH is 2. The van der Waals surface area contributed by atoms with Crippen LogP contribution in [0.2, 0.25) is 0 Å². The van der Waals surface area contributed by atoms with Crippen molar-refractivity contribution in [2.45, 2.75) is 37.4 Å². The lowest BCUT2D eigenvalue weighted by molar-refractivity contribution is -0.0729. The molecule has 1 saturated heterocycles. The van der Waals surface area contributed by atoms with Crippen LogP contribution in [-0.2, 0) is 4.74 Å². The van der Waals surface area contributed by atoms with Crippen LogP contribution in [0.1, 0.15) is 12.8 Å². The fourth-order valence-corrected chi connectivity index (χ4v) is 2.07. The zero-order chi connectivity index (χ0) is 12.6. The van der Waals surface area contributed by atoms with Crippen LogP contribution in [0.4, 0.5) is 4.79 Å². The first kappa shape index (κ1) is 12.2. The second kappa shape index (κ2) is 4.57. The topological polar surface area (TPSA) is 134 Å². The summed E-state index contributed by atoms with van der Waals surface area (Å²) in [5.74, 6) is 0.191. The summed E-state index contributed by atoms with van der Waals surface area (Å²) in [5.41, 5.74) is 11.2. The lowest BCUT2D eigenvalue weighted by Crippen LogP contribution is -2.55. The van der Waals surface area contributed by atoms with Crippen molar-refractivity contribution in [1.82, 2.24) is 4.90 Å². The van der Waals surface area contributed by atoms with E-state index >= 15 is 0 Å². The molecule has 8 heteroatoms. The molecule has 2 heterocycles. The zero-order valence-corrected chi connectivity index (χ0v) is 9.19. The van der Waals surface area contributed by atoms with Crippen molar-refractivity contribution in [2.24, 2.45) is 16.5 Å². The molecule has 0 aromatic rings. The average molecular weight is 244 g/mol. The fraction of sp³-hybridized carbons (Fsp3) is 0.778. The van der Waals surface area contributed by atoms with Gasteiger partial charge in [0.05, 0.1) is 18.9 Å². The number of urea groups is 1. The first-order chi connectivity index (χ1) is 8.02. The van der Waals surface area contributed by atoms with Crippen molar-refractivity contribution in [2.75, 3.05) is 6.61 Å². The molecular formula is C9H16N4O4. The highest BCUT2D eigenvalue weighted by atomic mass is 16.5. The molecule has 4 atom stereocenters. The molecule has 0 saturated carbocycles. The Bertz CT molecular complexity index is 348. The Morgan fingerprint density at radius 3 is 2.82 bits per heavy atom. The zero-order valence-electron chi connectivity index (χ0n) is 9.19. The van der Waals surface area contributed by atoms with Gasteiger partial charge in [-0.1, -0.05) is 0 Å². The van der Waals surface area contributed by atoms with E-state index in [-0.39, 0.29) is 25.3 Å². The van der Waals surface area contributed by atoms with Gasteiger partial charge in [-0.05, 0) is 0 Å². The Balaban J connectivity index is 2.11. The molecule has 0 bridgehead atoms. The molecular weight excluding hydrogens is 228 g/mol. The predicted molar refractivity (Wildman–Crippen MR) is 57.8 cm³/mol. The van der Waals surface area contributed by atoms with Crippen molar-refractivity contribution in [3.63, 3.8) is 0 Å². The Labute approximate surface area is 97.8 Å². The van der Waals surface area contributed by atoms with Gasteiger partial charge in [0.15, 0.2) is 0 Å². The van der Waals surface area contributed by atoms with Gasteiger partial charge in [-0.25, -0.2) is 4.79 Å². The number of carbonyl (C=O) groups is 1. The summed E-state index contributed by atoms with van der Waals surface area (Å²) < 4.78 is 5.35. The number of nitrogens with two attached hydrogens (primary N) is 2. The van der Waals surface area contributed by atoms with Crippen LogP contribution in [0.25, 0.3) is 0 Å².